The van der Waals surface area contributed by atoms with Gasteiger partial charge in [-0.15, -0.1) is 0 Å². The number of ketones is 2. The number of hydrogen-bond acceptors (Lipinski definition) is 14. The average molecular weight is 1020 g/mol. The minimum Gasteiger partial charge on any atom is -0.494 e. The molecule has 378 valence electrons. The summed E-state index contributed by atoms with van der Waals surface area (Å²) in [7, 11) is 7.42. The number of carbonyl (C=O) groups excluding carboxylic acids is 2. The number of nitrogens with zero attached hydrogens (tertiary/aromatic N) is 6. The third kappa shape index (κ3) is 17.9. The van der Waals surface area contributed by atoms with Crippen molar-refractivity contribution in [1.29, 1.82) is 0 Å². The summed E-state index contributed by atoms with van der Waals surface area (Å²) in [6, 6.07) is 16.0. The van der Waals surface area contributed by atoms with Crippen molar-refractivity contribution in [1.82, 2.24) is 29.7 Å². The maximum atomic E-state index is 13.6. The molecule has 14 nitrogen and oxygen atoms in total. The molecule has 0 aliphatic heterocycles. The number of allylic oxidation sites excluding steroid dienone is 2. The number of aromatic nitrogens is 4. The molecule has 0 saturated heterocycles. The van der Waals surface area contributed by atoms with Crippen molar-refractivity contribution >= 4 is 79.6 Å². The van der Waals surface area contributed by atoms with Gasteiger partial charge in [-0.1, -0.05) is 35.4 Å². The minimum atomic E-state index is -0.499. The summed E-state index contributed by atoms with van der Waals surface area (Å²) >= 11 is 11.8. The molecule has 2 aromatic heterocycles. The van der Waals surface area contributed by atoms with E-state index in [1.54, 1.807) is 44.6 Å². The van der Waals surface area contributed by atoms with E-state index in [1.165, 1.54) is 36.9 Å². The Balaban J connectivity index is 0.000000264. The van der Waals surface area contributed by atoms with Crippen molar-refractivity contribution in [3.8, 4) is 11.5 Å². The number of carbonyl (C=O) groups is 2. The first kappa shape index (κ1) is 55.8. The molecule has 6 rings (SSSR count). The first-order valence-corrected chi connectivity index (χ1v) is 24.1. The molecular weight excluding hydrogens is 954 g/mol. The molecule has 0 saturated carbocycles. The van der Waals surface area contributed by atoms with Crippen LogP contribution in [0.2, 0.25) is 10.0 Å². The van der Waals surface area contributed by atoms with Gasteiger partial charge in [-0.05, 0) is 114 Å². The number of halogens is 4. The molecule has 0 spiro atoms. The van der Waals surface area contributed by atoms with Crippen molar-refractivity contribution < 1.29 is 37.3 Å². The van der Waals surface area contributed by atoms with Crippen LogP contribution in [-0.4, -0.2) is 122 Å². The quantitative estimate of drug-likeness (QED) is 0.0372. The second-order valence-electron chi connectivity index (χ2n) is 16.4. The fourth-order valence-electron chi connectivity index (χ4n) is 7.24. The largest absolute Gasteiger partial charge is 0.494 e. The lowest BCUT2D eigenvalue weighted by Gasteiger charge is -2.14. The second kappa shape index (κ2) is 29.3. The number of fused-ring (bicyclic) bond motifs is 2. The Labute approximate surface area is 424 Å². The maximum Gasteiger partial charge on any atom is 0.159 e. The van der Waals surface area contributed by atoms with E-state index >= 15 is 0 Å². The molecule has 71 heavy (non-hydrogen) atoms. The maximum absolute atomic E-state index is 13.6. The highest BCUT2D eigenvalue weighted by molar-refractivity contribution is 6.31. The van der Waals surface area contributed by atoms with E-state index in [0.717, 1.165) is 50.1 Å². The molecule has 4 aromatic carbocycles. The number of rotatable bonds is 27. The third-order valence-corrected chi connectivity index (χ3v) is 11.4. The van der Waals surface area contributed by atoms with Gasteiger partial charge >= 0.3 is 0 Å². The molecule has 0 radical (unpaired) electrons. The van der Waals surface area contributed by atoms with Gasteiger partial charge in [0.15, 0.2) is 11.6 Å². The Morgan fingerprint density at radius 1 is 0.620 bits per heavy atom. The molecule has 0 unspecified atom stereocenters. The molecule has 0 fully saturated rings. The van der Waals surface area contributed by atoms with Crippen molar-refractivity contribution in [3.05, 3.63) is 130 Å². The normalized spacial score (nSPS) is 11.5. The van der Waals surface area contributed by atoms with Gasteiger partial charge in [-0.25, -0.2) is 28.7 Å². The third-order valence-electron chi connectivity index (χ3n) is 10.8. The minimum absolute atomic E-state index is 0.00871. The summed E-state index contributed by atoms with van der Waals surface area (Å²) in [5, 5.41) is 7.76. The fourth-order valence-corrected chi connectivity index (χ4v) is 7.61. The Hall–Kier alpha value is -6.14. The van der Waals surface area contributed by atoms with Gasteiger partial charge in [0.05, 0.1) is 34.3 Å². The summed E-state index contributed by atoms with van der Waals surface area (Å²) in [6.07, 6.45) is 13.2. The van der Waals surface area contributed by atoms with Crippen LogP contribution in [0, 0.1) is 11.6 Å². The lowest BCUT2D eigenvalue weighted by Crippen LogP contribution is -2.20. The molecule has 0 aliphatic carbocycles. The van der Waals surface area contributed by atoms with E-state index in [9.17, 15) is 18.4 Å². The molecule has 2 heterocycles. The van der Waals surface area contributed by atoms with E-state index in [4.69, 9.17) is 42.1 Å². The summed E-state index contributed by atoms with van der Waals surface area (Å²) in [6.45, 7) is 9.37. The standard InChI is InChI=1S/C27H32ClFN4O3.C26H30ClFN4O3/c1-4-36-26-17-25-22(27(31-18-30-25)32-20-9-10-24(29)23(28)16-20)15-19(26)14-21(34)8-7-12-33(2)11-5-6-13-35-3;1-4-35-25-16-24-21(26(30-17-29-24)31-19-8-9-23(28)22(27)15-19)14-18(25)13-20(33)7-5-10-32(2)11-6-12-34-3/h7-10,15-18H,4-6,11-14H2,1-3H3,(H,30,31,32);5,7-9,14-17H,4,6,10-13H2,1-3H3,(H,29,30,31)/b8-7+;7-5+. The number of anilines is 4. The highest BCUT2D eigenvalue weighted by Crippen LogP contribution is 2.33. The smallest absolute Gasteiger partial charge is 0.159 e. The zero-order valence-electron chi connectivity index (χ0n) is 41.1. The molecule has 0 bridgehead atoms. The number of ether oxygens (including phenoxy) is 4. The van der Waals surface area contributed by atoms with Crippen LogP contribution in [0.4, 0.5) is 31.8 Å². The lowest BCUT2D eigenvalue weighted by atomic mass is 10.0. The zero-order valence-corrected chi connectivity index (χ0v) is 42.6. The van der Waals surface area contributed by atoms with Crippen LogP contribution in [0.25, 0.3) is 21.8 Å². The van der Waals surface area contributed by atoms with Crippen molar-refractivity contribution in [2.45, 2.75) is 46.0 Å². The Morgan fingerprint density at radius 3 is 1.48 bits per heavy atom. The van der Waals surface area contributed by atoms with Crippen LogP contribution >= 0.6 is 23.2 Å². The number of methoxy groups -OCH3 is 2. The summed E-state index contributed by atoms with van der Waals surface area (Å²) in [5.74, 6) is 1.19. The Bertz CT molecular complexity index is 2770. The van der Waals surface area contributed by atoms with Gasteiger partial charge in [-0.2, -0.15) is 0 Å². The zero-order chi connectivity index (χ0) is 51.1. The highest BCUT2D eigenvalue weighted by atomic mass is 35.5. The highest BCUT2D eigenvalue weighted by Gasteiger charge is 2.16. The summed E-state index contributed by atoms with van der Waals surface area (Å²) in [4.78, 5) is 47.1. The van der Waals surface area contributed by atoms with Gasteiger partial charge in [0.1, 0.15) is 47.4 Å². The average Bonchev–Trinajstić information content (AvgIpc) is 3.34. The number of nitrogens with one attached hydrogen (secondary N) is 2. The molecule has 18 heteroatoms. The lowest BCUT2D eigenvalue weighted by molar-refractivity contribution is -0.114. The monoisotopic (exact) mass is 1010 g/mol. The van der Waals surface area contributed by atoms with Gasteiger partial charge in [-0.3, -0.25) is 9.59 Å². The van der Waals surface area contributed by atoms with Crippen LogP contribution in [0.1, 0.15) is 44.2 Å². The van der Waals surface area contributed by atoms with Gasteiger partial charge in [0.2, 0.25) is 0 Å². The number of benzene rings is 4. The number of likely N-dealkylation sites (N-methyl/N-ethyl adjacent to an activating group) is 2. The molecule has 0 atom stereocenters. The van der Waals surface area contributed by atoms with Crippen LogP contribution in [0.5, 0.6) is 11.5 Å². The molecule has 6 aromatic rings. The van der Waals surface area contributed by atoms with Crippen LogP contribution < -0.4 is 20.1 Å². The summed E-state index contributed by atoms with van der Waals surface area (Å²) < 4.78 is 48.8. The van der Waals surface area contributed by atoms with Crippen LogP contribution in [0.15, 0.2) is 97.6 Å². The first-order valence-electron chi connectivity index (χ1n) is 23.3. The van der Waals surface area contributed by atoms with E-state index in [0.29, 0.717) is 89.2 Å². The van der Waals surface area contributed by atoms with Crippen molar-refractivity contribution in [2.24, 2.45) is 0 Å². The van der Waals surface area contributed by atoms with Crippen LogP contribution in [-0.2, 0) is 31.9 Å². The molecule has 0 aliphatic rings. The molecule has 2 N–H and O–H groups in total. The van der Waals surface area contributed by atoms with E-state index < -0.39 is 11.6 Å². The first-order chi connectivity index (χ1) is 34.3. The Kier molecular flexibility index (Phi) is 23.0. The predicted molar refractivity (Wildman–Crippen MR) is 279 cm³/mol. The van der Waals surface area contributed by atoms with Crippen molar-refractivity contribution in [2.75, 3.05) is 91.6 Å². The van der Waals surface area contributed by atoms with E-state index in [1.807, 2.05) is 58.3 Å². The predicted octanol–water partition coefficient (Wildman–Crippen LogP) is 10.8. The Morgan fingerprint density at radius 2 is 1.06 bits per heavy atom. The number of unbranched alkanes of at least 4 members (excludes halogenated alkanes) is 1. The van der Waals surface area contributed by atoms with E-state index in [2.05, 4.69) is 40.4 Å². The molecule has 0 amide bonds. The van der Waals surface area contributed by atoms with Crippen molar-refractivity contribution in [3.63, 3.8) is 0 Å². The van der Waals surface area contributed by atoms with Gasteiger partial charge in [0.25, 0.3) is 0 Å². The fraction of sp³-hybridized carbons (Fsp3) is 0.358. The molecular formula is C53H62Cl2F2N8O6. The van der Waals surface area contributed by atoms with Gasteiger partial charge in [0, 0.05) is 105 Å². The number of hydrogen-bond donors (Lipinski definition) is 2. The van der Waals surface area contributed by atoms with Gasteiger partial charge < -0.3 is 39.4 Å². The topological polar surface area (TPSA) is 153 Å². The van der Waals surface area contributed by atoms with E-state index in [-0.39, 0.29) is 34.5 Å². The van der Waals surface area contributed by atoms with Crippen LogP contribution in [0.3, 0.4) is 0 Å². The summed E-state index contributed by atoms with van der Waals surface area (Å²) in [5.41, 5.74) is 3.96. The second-order valence-corrected chi connectivity index (χ2v) is 17.2. The SMILES string of the molecule is CCOc1cc2ncnc(Nc3ccc(F)c(Cl)c3)c2cc1CC(=O)/C=C/CN(C)CCCCOC.CCOc1cc2ncnc(Nc3ccc(F)c(Cl)c3)c2cc1CC(=O)/C=C/CN(C)CCCOC.